The van der Waals surface area contributed by atoms with Gasteiger partial charge in [-0.3, -0.25) is 0 Å². The van der Waals surface area contributed by atoms with Gasteiger partial charge in [-0.15, -0.1) is 11.8 Å². The van der Waals surface area contributed by atoms with Crippen molar-refractivity contribution in [2.24, 2.45) is 5.92 Å². The molecule has 0 saturated heterocycles. The summed E-state index contributed by atoms with van der Waals surface area (Å²) in [6.45, 7) is 0.272. The van der Waals surface area contributed by atoms with Crippen molar-refractivity contribution in [1.29, 1.82) is 0 Å². The molecule has 2 fully saturated rings. The molecule has 2 aliphatic rings. The van der Waals surface area contributed by atoms with Gasteiger partial charge in [0.1, 0.15) is 0 Å². The second-order valence-electron chi connectivity index (χ2n) is 5.61. The molecule has 2 nitrogen and oxygen atoms in total. The molecule has 2 N–H and O–H groups in total. The second kappa shape index (κ2) is 5.24. The quantitative estimate of drug-likeness (QED) is 0.742. The van der Waals surface area contributed by atoms with Gasteiger partial charge in [0.05, 0.1) is 12.1 Å². The lowest BCUT2D eigenvalue weighted by Crippen LogP contribution is -2.53. The lowest BCUT2D eigenvalue weighted by atomic mass is 9.96. The average molecular weight is 263 g/mol. The minimum atomic E-state index is -0.0400. The smallest absolute Gasteiger partial charge is 0.0624 e. The zero-order valence-corrected chi connectivity index (χ0v) is 11.5. The molecule has 2 saturated carbocycles. The van der Waals surface area contributed by atoms with Crippen LogP contribution >= 0.6 is 11.8 Å². The predicted molar refractivity (Wildman–Crippen MR) is 75.9 cm³/mol. The third kappa shape index (κ3) is 2.90. The van der Waals surface area contributed by atoms with E-state index in [0.29, 0.717) is 12.0 Å². The lowest BCUT2D eigenvalue weighted by Gasteiger charge is -2.33. The fourth-order valence-electron chi connectivity index (χ4n) is 2.50. The first-order chi connectivity index (χ1) is 8.82. The highest BCUT2D eigenvalue weighted by atomic mass is 32.2. The number of nitrogens with one attached hydrogen (secondary N) is 1. The Hall–Kier alpha value is -0.510. The molecule has 0 spiro atoms. The predicted octanol–water partition coefficient (Wildman–Crippen LogP) is 2.67. The first kappa shape index (κ1) is 12.5. The van der Waals surface area contributed by atoms with Crippen LogP contribution in [-0.4, -0.2) is 29.0 Å². The minimum absolute atomic E-state index is 0.0400. The van der Waals surface area contributed by atoms with E-state index in [4.69, 9.17) is 0 Å². The van der Waals surface area contributed by atoms with E-state index in [9.17, 15) is 5.11 Å². The highest BCUT2D eigenvalue weighted by molar-refractivity contribution is 7.99. The number of hydrogen-bond acceptors (Lipinski definition) is 3. The van der Waals surface area contributed by atoms with E-state index in [2.05, 4.69) is 29.6 Å². The maximum atomic E-state index is 9.87. The number of hydrogen-bond donors (Lipinski definition) is 2. The number of benzene rings is 1. The lowest BCUT2D eigenvalue weighted by molar-refractivity contribution is 0.157. The van der Waals surface area contributed by atoms with Gasteiger partial charge in [-0.2, -0.15) is 0 Å². The SMILES string of the molecule is OCC(CSc1ccccc1)(NC1CC1)C1CC1. The van der Waals surface area contributed by atoms with Crippen molar-refractivity contribution in [2.75, 3.05) is 12.4 Å². The molecule has 18 heavy (non-hydrogen) atoms. The topological polar surface area (TPSA) is 32.3 Å². The zero-order valence-electron chi connectivity index (χ0n) is 10.6. The van der Waals surface area contributed by atoms with Gasteiger partial charge >= 0.3 is 0 Å². The first-order valence-corrected chi connectivity index (χ1v) is 7.87. The van der Waals surface area contributed by atoms with Crippen molar-refractivity contribution in [3.05, 3.63) is 30.3 Å². The molecule has 3 heteroatoms. The van der Waals surface area contributed by atoms with E-state index in [1.54, 1.807) is 0 Å². The summed E-state index contributed by atoms with van der Waals surface area (Å²) in [5.41, 5.74) is -0.0400. The van der Waals surface area contributed by atoms with E-state index in [1.807, 2.05) is 17.8 Å². The van der Waals surface area contributed by atoms with Crippen LogP contribution in [0.15, 0.2) is 35.2 Å². The minimum Gasteiger partial charge on any atom is -0.394 e. The highest BCUT2D eigenvalue weighted by Crippen LogP contribution is 2.43. The van der Waals surface area contributed by atoms with Crippen LogP contribution in [0.4, 0.5) is 0 Å². The van der Waals surface area contributed by atoms with E-state index in [-0.39, 0.29) is 12.1 Å². The Morgan fingerprint density at radius 2 is 1.89 bits per heavy atom. The fraction of sp³-hybridized carbons (Fsp3) is 0.600. The van der Waals surface area contributed by atoms with Gasteiger partial charge in [0.2, 0.25) is 0 Å². The molecular formula is C15H21NOS. The van der Waals surface area contributed by atoms with E-state index >= 15 is 0 Å². The summed E-state index contributed by atoms with van der Waals surface area (Å²) in [6, 6.07) is 11.2. The van der Waals surface area contributed by atoms with Crippen LogP contribution in [0.25, 0.3) is 0 Å². The summed E-state index contributed by atoms with van der Waals surface area (Å²) in [6.07, 6.45) is 5.11. The van der Waals surface area contributed by atoms with Crippen molar-refractivity contribution in [3.63, 3.8) is 0 Å². The zero-order chi connectivity index (χ0) is 12.4. The molecule has 1 aromatic rings. The van der Waals surface area contributed by atoms with Gasteiger partial charge in [-0.05, 0) is 43.7 Å². The fourth-order valence-corrected chi connectivity index (χ4v) is 3.68. The molecule has 1 aromatic carbocycles. The van der Waals surface area contributed by atoms with Crippen LogP contribution in [0.5, 0.6) is 0 Å². The van der Waals surface area contributed by atoms with Crippen LogP contribution in [0.1, 0.15) is 25.7 Å². The van der Waals surface area contributed by atoms with Crippen LogP contribution in [-0.2, 0) is 0 Å². The van der Waals surface area contributed by atoms with Gasteiger partial charge in [0.15, 0.2) is 0 Å². The Kier molecular flexibility index (Phi) is 3.64. The Bertz CT molecular complexity index is 389. The molecular weight excluding hydrogens is 242 g/mol. The van der Waals surface area contributed by atoms with Crippen molar-refractivity contribution in [2.45, 2.75) is 42.2 Å². The Balaban J connectivity index is 1.65. The van der Waals surface area contributed by atoms with Crippen molar-refractivity contribution < 1.29 is 5.11 Å². The van der Waals surface area contributed by atoms with Gasteiger partial charge in [-0.25, -0.2) is 0 Å². The summed E-state index contributed by atoms with van der Waals surface area (Å²) >= 11 is 1.87. The Labute approximate surface area is 113 Å². The standard InChI is InChI=1S/C15H21NOS/c17-10-15(12-6-7-12,16-13-8-9-13)11-18-14-4-2-1-3-5-14/h1-5,12-13,16-17H,6-11H2. The average Bonchev–Trinajstić information content (AvgIpc) is 3.28. The van der Waals surface area contributed by atoms with Crippen LogP contribution < -0.4 is 5.32 Å². The van der Waals surface area contributed by atoms with Crippen LogP contribution in [0.2, 0.25) is 0 Å². The number of thioether (sulfide) groups is 1. The molecule has 0 heterocycles. The maximum Gasteiger partial charge on any atom is 0.0624 e. The summed E-state index contributed by atoms with van der Waals surface area (Å²) in [4.78, 5) is 1.30. The molecule has 0 amide bonds. The van der Waals surface area contributed by atoms with E-state index in [0.717, 1.165) is 5.75 Å². The van der Waals surface area contributed by atoms with Crippen molar-refractivity contribution >= 4 is 11.8 Å². The first-order valence-electron chi connectivity index (χ1n) is 6.89. The van der Waals surface area contributed by atoms with E-state index < -0.39 is 0 Å². The molecule has 98 valence electrons. The highest BCUT2D eigenvalue weighted by Gasteiger charge is 2.47. The summed E-state index contributed by atoms with van der Waals surface area (Å²) in [5, 5.41) is 13.6. The largest absolute Gasteiger partial charge is 0.394 e. The molecule has 2 aliphatic carbocycles. The third-order valence-corrected chi connectivity index (χ3v) is 5.21. The van der Waals surface area contributed by atoms with Crippen LogP contribution in [0, 0.1) is 5.92 Å². The van der Waals surface area contributed by atoms with Crippen molar-refractivity contribution in [1.82, 2.24) is 5.32 Å². The van der Waals surface area contributed by atoms with Gasteiger partial charge < -0.3 is 10.4 Å². The monoisotopic (exact) mass is 263 g/mol. The van der Waals surface area contributed by atoms with E-state index in [1.165, 1.54) is 30.6 Å². The molecule has 1 atom stereocenters. The molecule has 0 bridgehead atoms. The number of aliphatic hydroxyl groups is 1. The number of aliphatic hydroxyl groups excluding tert-OH is 1. The molecule has 0 radical (unpaired) electrons. The van der Waals surface area contributed by atoms with Gasteiger partial charge in [0, 0.05) is 16.7 Å². The summed E-state index contributed by atoms with van der Waals surface area (Å²) in [7, 11) is 0. The summed E-state index contributed by atoms with van der Waals surface area (Å²) in [5.74, 6) is 1.66. The number of rotatable bonds is 7. The molecule has 1 unspecified atom stereocenters. The van der Waals surface area contributed by atoms with Crippen molar-refractivity contribution in [3.8, 4) is 0 Å². The summed E-state index contributed by atoms with van der Waals surface area (Å²) < 4.78 is 0. The molecule has 0 aromatic heterocycles. The van der Waals surface area contributed by atoms with Crippen LogP contribution in [0.3, 0.4) is 0 Å². The maximum absolute atomic E-state index is 9.87. The third-order valence-electron chi connectivity index (χ3n) is 3.95. The van der Waals surface area contributed by atoms with Gasteiger partial charge in [0.25, 0.3) is 0 Å². The normalized spacial score (nSPS) is 22.7. The van der Waals surface area contributed by atoms with Gasteiger partial charge in [-0.1, -0.05) is 18.2 Å². The Morgan fingerprint density at radius 1 is 1.17 bits per heavy atom. The Morgan fingerprint density at radius 3 is 2.44 bits per heavy atom. The second-order valence-corrected chi connectivity index (χ2v) is 6.66. The molecule has 3 rings (SSSR count). The molecule has 0 aliphatic heterocycles.